The summed E-state index contributed by atoms with van der Waals surface area (Å²) in [5.41, 5.74) is 9.01. The minimum absolute atomic E-state index is 0.0322. The largest absolute Gasteiger partial charge is 0.491 e. The highest BCUT2D eigenvalue weighted by Gasteiger charge is 2.04. The number of hydrogen-bond donors (Lipinski definition) is 2. The van der Waals surface area contributed by atoms with E-state index in [-0.39, 0.29) is 5.91 Å². The van der Waals surface area contributed by atoms with Gasteiger partial charge in [-0.2, -0.15) is 0 Å². The van der Waals surface area contributed by atoms with E-state index in [4.69, 9.17) is 10.5 Å². The predicted molar refractivity (Wildman–Crippen MR) is 93.5 cm³/mol. The van der Waals surface area contributed by atoms with Gasteiger partial charge in [0.1, 0.15) is 5.75 Å². The van der Waals surface area contributed by atoms with Crippen LogP contribution < -0.4 is 15.8 Å². The van der Waals surface area contributed by atoms with Crippen molar-refractivity contribution in [1.82, 2.24) is 5.32 Å². The second-order valence-electron chi connectivity index (χ2n) is 5.48. The molecule has 2 aromatic rings. The van der Waals surface area contributed by atoms with E-state index in [9.17, 15) is 4.79 Å². The molecular weight excluding hydrogens is 288 g/mol. The van der Waals surface area contributed by atoms with Gasteiger partial charge in [0, 0.05) is 13.5 Å². The molecule has 0 spiro atoms. The Labute approximate surface area is 137 Å². The van der Waals surface area contributed by atoms with Crippen LogP contribution in [-0.2, 0) is 17.6 Å². The fraction of sp³-hybridized carbons (Fsp3) is 0.316. The number of aryl methyl sites for hydroxylation is 2. The van der Waals surface area contributed by atoms with Gasteiger partial charge in [0.2, 0.25) is 5.91 Å². The molecule has 0 radical (unpaired) electrons. The van der Waals surface area contributed by atoms with Crippen molar-refractivity contribution in [3.05, 3.63) is 59.7 Å². The van der Waals surface area contributed by atoms with E-state index < -0.39 is 0 Å². The van der Waals surface area contributed by atoms with Crippen LogP contribution in [0.3, 0.4) is 0 Å². The monoisotopic (exact) mass is 312 g/mol. The van der Waals surface area contributed by atoms with Gasteiger partial charge < -0.3 is 15.8 Å². The number of rotatable bonds is 8. The maximum absolute atomic E-state index is 11.3. The molecule has 122 valence electrons. The minimum atomic E-state index is 0.0322. The van der Waals surface area contributed by atoms with Crippen molar-refractivity contribution < 1.29 is 9.53 Å². The molecule has 0 aliphatic carbocycles. The van der Waals surface area contributed by atoms with Crippen molar-refractivity contribution in [2.75, 3.05) is 19.4 Å². The van der Waals surface area contributed by atoms with Crippen LogP contribution in [0.15, 0.2) is 48.5 Å². The molecule has 0 aliphatic heterocycles. The standard InChI is InChI=1S/C19H24N2O2/c1-21-19(22)12-10-16-9-11-18(17(20)14-16)23-13-5-8-15-6-3-2-4-7-15/h2-4,6-7,9,11,14H,5,8,10,12-13,20H2,1H3,(H,21,22). The Morgan fingerprint density at radius 2 is 1.87 bits per heavy atom. The lowest BCUT2D eigenvalue weighted by Crippen LogP contribution is -2.17. The summed E-state index contributed by atoms with van der Waals surface area (Å²) in [6, 6.07) is 16.1. The molecule has 3 N–H and O–H groups in total. The molecule has 0 saturated heterocycles. The number of amides is 1. The molecule has 1 amide bonds. The zero-order chi connectivity index (χ0) is 16.5. The summed E-state index contributed by atoms with van der Waals surface area (Å²) in [6.45, 7) is 0.636. The third-order valence-electron chi connectivity index (χ3n) is 3.70. The Kier molecular flexibility index (Phi) is 6.48. The Hall–Kier alpha value is -2.49. The maximum atomic E-state index is 11.3. The zero-order valence-corrected chi connectivity index (χ0v) is 13.5. The summed E-state index contributed by atoms with van der Waals surface area (Å²) in [6.07, 6.45) is 3.08. The van der Waals surface area contributed by atoms with Gasteiger partial charge in [-0.3, -0.25) is 4.79 Å². The number of ether oxygens (including phenoxy) is 1. The Balaban J connectivity index is 1.78. The average Bonchev–Trinajstić information content (AvgIpc) is 2.58. The first-order valence-corrected chi connectivity index (χ1v) is 7.94. The van der Waals surface area contributed by atoms with Crippen molar-refractivity contribution in [2.45, 2.75) is 25.7 Å². The maximum Gasteiger partial charge on any atom is 0.220 e. The van der Waals surface area contributed by atoms with Crippen LogP contribution >= 0.6 is 0 Å². The summed E-state index contributed by atoms with van der Waals surface area (Å²) in [5, 5.41) is 2.61. The number of nitrogens with one attached hydrogen (secondary N) is 1. The molecule has 2 rings (SSSR count). The van der Waals surface area contributed by atoms with Crippen molar-refractivity contribution in [1.29, 1.82) is 0 Å². The molecule has 23 heavy (non-hydrogen) atoms. The third kappa shape index (κ3) is 5.66. The van der Waals surface area contributed by atoms with E-state index in [2.05, 4.69) is 17.4 Å². The molecule has 0 saturated carbocycles. The molecule has 0 fully saturated rings. The molecule has 0 aromatic heterocycles. The number of anilines is 1. The third-order valence-corrected chi connectivity index (χ3v) is 3.70. The second-order valence-corrected chi connectivity index (χ2v) is 5.48. The molecule has 0 atom stereocenters. The minimum Gasteiger partial charge on any atom is -0.491 e. The highest BCUT2D eigenvalue weighted by molar-refractivity contribution is 5.75. The van der Waals surface area contributed by atoms with Gasteiger partial charge in [-0.1, -0.05) is 36.4 Å². The van der Waals surface area contributed by atoms with Crippen LogP contribution in [0.1, 0.15) is 24.0 Å². The highest BCUT2D eigenvalue weighted by atomic mass is 16.5. The summed E-state index contributed by atoms with van der Waals surface area (Å²) < 4.78 is 5.76. The van der Waals surface area contributed by atoms with Gasteiger partial charge in [0.25, 0.3) is 0 Å². The first-order valence-electron chi connectivity index (χ1n) is 7.94. The van der Waals surface area contributed by atoms with E-state index in [1.807, 2.05) is 36.4 Å². The molecule has 2 aromatic carbocycles. The van der Waals surface area contributed by atoms with E-state index in [0.29, 0.717) is 30.9 Å². The quantitative estimate of drug-likeness (QED) is 0.582. The summed E-state index contributed by atoms with van der Waals surface area (Å²) in [4.78, 5) is 11.3. The summed E-state index contributed by atoms with van der Waals surface area (Å²) in [5.74, 6) is 0.742. The van der Waals surface area contributed by atoms with Gasteiger partial charge in [-0.25, -0.2) is 0 Å². The van der Waals surface area contributed by atoms with Crippen LogP contribution in [0.25, 0.3) is 0 Å². The number of nitrogens with two attached hydrogens (primary N) is 1. The topological polar surface area (TPSA) is 64.3 Å². The molecule has 0 unspecified atom stereocenters. The van der Waals surface area contributed by atoms with Gasteiger partial charge in [-0.05, 0) is 42.5 Å². The molecule has 0 bridgehead atoms. The predicted octanol–water partition coefficient (Wildman–Crippen LogP) is 2.96. The lowest BCUT2D eigenvalue weighted by atomic mass is 10.1. The number of carbonyl (C=O) groups is 1. The fourth-order valence-electron chi connectivity index (χ4n) is 2.37. The number of carbonyl (C=O) groups excluding carboxylic acids is 1. The molecular formula is C19H24N2O2. The van der Waals surface area contributed by atoms with Gasteiger partial charge in [0.05, 0.1) is 12.3 Å². The summed E-state index contributed by atoms with van der Waals surface area (Å²) >= 11 is 0. The van der Waals surface area contributed by atoms with E-state index in [0.717, 1.165) is 18.4 Å². The Morgan fingerprint density at radius 3 is 2.57 bits per heavy atom. The number of benzene rings is 2. The van der Waals surface area contributed by atoms with Crippen LogP contribution in [0, 0.1) is 0 Å². The SMILES string of the molecule is CNC(=O)CCc1ccc(OCCCc2ccccc2)c(N)c1. The van der Waals surface area contributed by atoms with Gasteiger partial charge in [-0.15, -0.1) is 0 Å². The number of hydrogen-bond acceptors (Lipinski definition) is 3. The normalized spacial score (nSPS) is 10.3. The smallest absolute Gasteiger partial charge is 0.220 e. The van der Waals surface area contributed by atoms with E-state index in [1.54, 1.807) is 7.05 Å². The Morgan fingerprint density at radius 1 is 1.09 bits per heavy atom. The van der Waals surface area contributed by atoms with E-state index >= 15 is 0 Å². The van der Waals surface area contributed by atoms with Gasteiger partial charge in [0.15, 0.2) is 0 Å². The second kappa shape index (κ2) is 8.83. The van der Waals surface area contributed by atoms with Crippen molar-refractivity contribution in [3.63, 3.8) is 0 Å². The van der Waals surface area contributed by atoms with Crippen molar-refractivity contribution >= 4 is 11.6 Å². The zero-order valence-electron chi connectivity index (χ0n) is 13.5. The van der Waals surface area contributed by atoms with Gasteiger partial charge >= 0.3 is 0 Å². The lowest BCUT2D eigenvalue weighted by Gasteiger charge is -2.10. The van der Waals surface area contributed by atoms with Crippen LogP contribution in [0.2, 0.25) is 0 Å². The molecule has 0 heterocycles. The van der Waals surface area contributed by atoms with Crippen molar-refractivity contribution in [2.24, 2.45) is 0 Å². The lowest BCUT2D eigenvalue weighted by molar-refractivity contribution is -0.120. The highest BCUT2D eigenvalue weighted by Crippen LogP contribution is 2.23. The molecule has 4 heteroatoms. The Bertz CT molecular complexity index is 627. The van der Waals surface area contributed by atoms with Crippen LogP contribution in [0.5, 0.6) is 5.75 Å². The number of nitrogen functional groups attached to an aromatic ring is 1. The fourth-order valence-corrected chi connectivity index (χ4v) is 2.37. The van der Waals surface area contributed by atoms with Crippen molar-refractivity contribution in [3.8, 4) is 5.75 Å². The first-order chi connectivity index (χ1) is 11.2. The first kappa shape index (κ1) is 16.9. The van der Waals surface area contributed by atoms with Crippen LogP contribution in [-0.4, -0.2) is 19.6 Å². The summed E-state index contributed by atoms with van der Waals surface area (Å²) in [7, 11) is 1.64. The molecule has 4 nitrogen and oxygen atoms in total. The average molecular weight is 312 g/mol. The van der Waals surface area contributed by atoms with Crippen LogP contribution in [0.4, 0.5) is 5.69 Å². The van der Waals surface area contributed by atoms with E-state index in [1.165, 1.54) is 5.56 Å². The molecule has 0 aliphatic rings.